The number of carbonyl (C=O) groups is 2. The van der Waals surface area contributed by atoms with Gasteiger partial charge in [-0.3, -0.25) is 4.79 Å². The number of benzene rings is 2. The fourth-order valence-electron chi connectivity index (χ4n) is 3.30. The lowest BCUT2D eigenvalue weighted by atomic mass is 10.1. The van der Waals surface area contributed by atoms with Crippen molar-refractivity contribution in [1.29, 1.82) is 0 Å². The lowest BCUT2D eigenvalue weighted by Crippen LogP contribution is -2.38. The van der Waals surface area contributed by atoms with Gasteiger partial charge in [-0.05, 0) is 37.1 Å². The number of hydrogen-bond donors (Lipinski definition) is 0. The maximum atomic E-state index is 12.5. The zero-order valence-electron chi connectivity index (χ0n) is 13.8. The summed E-state index contributed by atoms with van der Waals surface area (Å²) in [7, 11) is 0. The molecule has 1 aliphatic rings. The van der Waals surface area contributed by atoms with E-state index in [1.165, 1.54) is 0 Å². The molecule has 25 heavy (non-hydrogen) atoms. The molecule has 126 valence electrons. The van der Waals surface area contributed by atoms with E-state index in [4.69, 9.17) is 9.15 Å². The van der Waals surface area contributed by atoms with Gasteiger partial charge in [0.2, 0.25) is 5.76 Å². The highest BCUT2D eigenvalue weighted by molar-refractivity contribution is 5.99. The van der Waals surface area contributed by atoms with Gasteiger partial charge >= 0.3 is 5.97 Å². The molecule has 3 aromatic rings. The number of fused-ring (bicyclic) bond motifs is 2. The third-order valence-electron chi connectivity index (χ3n) is 4.43. The molecule has 0 aliphatic carbocycles. The Balaban J connectivity index is 1.46. The first-order valence-corrected chi connectivity index (χ1v) is 8.19. The summed E-state index contributed by atoms with van der Waals surface area (Å²) >= 11 is 0. The van der Waals surface area contributed by atoms with Crippen molar-refractivity contribution in [3.05, 3.63) is 65.9 Å². The topological polar surface area (TPSA) is 59.8 Å². The molecule has 0 N–H and O–H groups in total. The Kier molecular flexibility index (Phi) is 3.76. The standard InChI is InChI=1S/C20H17NO4/c1-13-10-14-6-2-4-8-16(14)21(13)19(22)12-24-20(23)18-11-15-7-3-5-9-17(15)25-18/h2-9,11,13H,10,12H2,1H3/t13-/m0/s1. The van der Waals surface area contributed by atoms with Crippen molar-refractivity contribution < 1.29 is 18.7 Å². The van der Waals surface area contributed by atoms with Gasteiger partial charge in [0.1, 0.15) is 5.58 Å². The van der Waals surface area contributed by atoms with Gasteiger partial charge in [-0.15, -0.1) is 0 Å². The van der Waals surface area contributed by atoms with E-state index in [-0.39, 0.29) is 24.3 Å². The van der Waals surface area contributed by atoms with E-state index < -0.39 is 5.97 Å². The second-order valence-electron chi connectivity index (χ2n) is 6.17. The van der Waals surface area contributed by atoms with Gasteiger partial charge in [-0.1, -0.05) is 36.4 Å². The van der Waals surface area contributed by atoms with E-state index in [0.29, 0.717) is 5.58 Å². The Morgan fingerprint density at radius 2 is 1.92 bits per heavy atom. The number of esters is 1. The monoisotopic (exact) mass is 335 g/mol. The molecule has 0 bridgehead atoms. The van der Waals surface area contributed by atoms with Crippen LogP contribution in [0.1, 0.15) is 23.0 Å². The summed E-state index contributed by atoms with van der Waals surface area (Å²) in [4.78, 5) is 26.4. The summed E-state index contributed by atoms with van der Waals surface area (Å²) in [5.74, 6) is -0.768. The molecule has 0 fully saturated rings. The second-order valence-corrected chi connectivity index (χ2v) is 6.17. The van der Waals surface area contributed by atoms with Crippen LogP contribution in [0, 0.1) is 0 Å². The quantitative estimate of drug-likeness (QED) is 0.687. The number of ether oxygens (including phenoxy) is 1. The predicted octanol–water partition coefficient (Wildman–Crippen LogP) is 3.57. The van der Waals surface area contributed by atoms with Crippen molar-refractivity contribution in [2.75, 3.05) is 11.5 Å². The summed E-state index contributed by atoms with van der Waals surface area (Å²) < 4.78 is 10.6. The van der Waals surface area contributed by atoms with E-state index in [1.807, 2.05) is 49.4 Å². The number of rotatable bonds is 3. The summed E-state index contributed by atoms with van der Waals surface area (Å²) in [6.45, 7) is 1.67. The highest BCUT2D eigenvalue weighted by atomic mass is 16.5. The predicted molar refractivity (Wildman–Crippen MR) is 93.6 cm³/mol. The van der Waals surface area contributed by atoms with E-state index >= 15 is 0 Å². The van der Waals surface area contributed by atoms with Gasteiger partial charge in [-0.25, -0.2) is 4.79 Å². The fourth-order valence-corrected chi connectivity index (χ4v) is 3.30. The molecule has 0 spiro atoms. The van der Waals surface area contributed by atoms with E-state index in [0.717, 1.165) is 23.1 Å². The van der Waals surface area contributed by atoms with Crippen molar-refractivity contribution >= 4 is 28.5 Å². The maximum absolute atomic E-state index is 12.5. The molecule has 0 radical (unpaired) electrons. The van der Waals surface area contributed by atoms with Gasteiger partial charge < -0.3 is 14.1 Å². The van der Waals surface area contributed by atoms with Gasteiger partial charge in [0.15, 0.2) is 6.61 Å². The molecule has 2 heterocycles. The second kappa shape index (κ2) is 6.09. The lowest BCUT2D eigenvalue weighted by molar-refractivity contribution is -0.122. The molecule has 5 heteroatoms. The Hall–Kier alpha value is -3.08. The first-order valence-electron chi connectivity index (χ1n) is 8.19. The van der Waals surface area contributed by atoms with Crippen molar-refractivity contribution in [2.45, 2.75) is 19.4 Å². The molecular weight excluding hydrogens is 318 g/mol. The fraction of sp³-hybridized carbons (Fsp3) is 0.200. The molecular formula is C20H17NO4. The Morgan fingerprint density at radius 3 is 2.76 bits per heavy atom. The minimum atomic E-state index is -0.635. The lowest BCUT2D eigenvalue weighted by Gasteiger charge is -2.22. The largest absolute Gasteiger partial charge is 0.450 e. The number of para-hydroxylation sites is 2. The van der Waals surface area contributed by atoms with Crippen LogP contribution in [0.3, 0.4) is 0 Å². The van der Waals surface area contributed by atoms with Crippen molar-refractivity contribution in [3.8, 4) is 0 Å². The van der Waals surface area contributed by atoms with Crippen LogP contribution in [-0.4, -0.2) is 24.5 Å². The zero-order chi connectivity index (χ0) is 17.4. The number of carbonyl (C=O) groups excluding carboxylic acids is 2. The minimum absolute atomic E-state index is 0.0507. The average molecular weight is 335 g/mol. The number of furan rings is 1. The number of nitrogens with zero attached hydrogens (tertiary/aromatic N) is 1. The van der Waals surface area contributed by atoms with Crippen LogP contribution in [0.15, 0.2) is 59.0 Å². The Morgan fingerprint density at radius 1 is 1.16 bits per heavy atom. The number of anilines is 1. The van der Waals surface area contributed by atoms with Crippen LogP contribution in [-0.2, 0) is 16.0 Å². The molecule has 0 unspecified atom stereocenters. The SMILES string of the molecule is C[C@H]1Cc2ccccc2N1C(=O)COC(=O)c1cc2ccccc2o1. The molecule has 1 aromatic heterocycles. The molecule has 0 saturated heterocycles. The highest BCUT2D eigenvalue weighted by Crippen LogP contribution is 2.31. The Bertz CT molecular complexity index is 926. The Labute approximate surface area is 144 Å². The summed E-state index contributed by atoms with van der Waals surface area (Å²) in [5.41, 5.74) is 2.63. The summed E-state index contributed by atoms with van der Waals surface area (Å²) in [6.07, 6.45) is 0.805. The smallest absolute Gasteiger partial charge is 0.374 e. The van der Waals surface area contributed by atoms with Crippen LogP contribution in [0.25, 0.3) is 11.0 Å². The maximum Gasteiger partial charge on any atom is 0.374 e. The molecule has 1 atom stereocenters. The minimum Gasteiger partial charge on any atom is -0.450 e. The first-order chi connectivity index (χ1) is 12.1. The van der Waals surface area contributed by atoms with Crippen LogP contribution in [0.5, 0.6) is 0 Å². The third-order valence-corrected chi connectivity index (χ3v) is 4.43. The highest BCUT2D eigenvalue weighted by Gasteiger charge is 2.31. The van der Waals surface area contributed by atoms with Crippen molar-refractivity contribution in [3.63, 3.8) is 0 Å². The van der Waals surface area contributed by atoms with Gasteiger partial charge in [0, 0.05) is 17.1 Å². The zero-order valence-corrected chi connectivity index (χ0v) is 13.8. The van der Waals surface area contributed by atoms with Crippen LogP contribution >= 0.6 is 0 Å². The van der Waals surface area contributed by atoms with Crippen LogP contribution in [0.2, 0.25) is 0 Å². The summed E-state index contributed by atoms with van der Waals surface area (Å²) in [5, 5.41) is 0.822. The van der Waals surface area contributed by atoms with Gasteiger partial charge in [0.25, 0.3) is 5.91 Å². The van der Waals surface area contributed by atoms with Crippen molar-refractivity contribution in [1.82, 2.24) is 0 Å². The van der Waals surface area contributed by atoms with Crippen LogP contribution < -0.4 is 4.90 Å². The third kappa shape index (κ3) is 2.78. The summed E-state index contributed by atoms with van der Waals surface area (Å²) in [6, 6.07) is 16.8. The molecule has 2 aromatic carbocycles. The number of hydrogen-bond acceptors (Lipinski definition) is 4. The van der Waals surface area contributed by atoms with E-state index in [9.17, 15) is 9.59 Å². The molecule has 1 aliphatic heterocycles. The molecule has 5 nitrogen and oxygen atoms in total. The van der Waals surface area contributed by atoms with Gasteiger partial charge in [0.05, 0.1) is 0 Å². The molecule has 0 saturated carbocycles. The van der Waals surface area contributed by atoms with Crippen molar-refractivity contribution in [2.24, 2.45) is 0 Å². The van der Waals surface area contributed by atoms with Crippen LogP contribution in [0.4, 0.5) is 5.69 Å². The molecule has 1 amide bonds. The van der Waals surface area contributed by atoms with E-state index in [1.54, 1.807) is 17.0 Å². The molecule has 4 rings (SSSR count). The number of amides is 1. The first kappa shape index (κ1) is 15.4. The van der Waals surface area contributed by atoms with Gasteiger partial charge in [-0.2, -0.15) is 0 Å². The average Bonchev–Trinajstić information content (AvgIpc) is 3.19. The normalized spacial score (nSPS) is 16.0. The van der Waals surface area contributed by atoms with E-state index in [2.05, 4.69) is 0 Å².